The first-order chi connectivity index (χ1) is 16.3. The van der Waals surface area contributed by atoms with Gasteiger partial charge in [0.1, 0.15) is 22.2 Å². The number of carbonyl (C=O) groups excluding carboxylic acids is 1. The Kier molecular flexibility index (Phi) is 6.22. The second-order valence-corrected chi connectivity index (χ2v) is 8.07. The number of hydrogen-bond acceptors (Lipinski definition) is 6. The Labute approximate surface area is 201 Å². The molecule has 0 spiro atoms. The van der Waals surface area contributed by atoms with Crippen LogP contribution in [0.1, 0.15) is 16.1 Å². The summed E-state index contributed by atoms with van der Waals surface area (Å²) in [6.07, 6.45) is 0. The molecule has 0 unspecified atom stereocenters. The van der Waals surface area contributed by atoms with Gasteiger partial charge < -0.3 is 19.9 Å². The second kappa shape index (κ2) is 9.11. The predicted molar refractivity (Wildman–Crippen MR) is 134 cm³/mol. The summed E-state index contributed by atoms with van der Waals surface area (Å²) in [4.78, 5) is 27.0. The average molecular weight is 479 g/mol. The highest BCUT2D eigenvalue weighted by atomic mass is 35.5. The Bertz CT molecular complexity index is 1450. The SMILES string of the molecule is COC(=O)c1c(-c2cc(OC)c(Cl)c(OC)c2)c2ccc(C)cc2c(=O)n1-c1ccc(N)cc1. The molecule has 34 heavy (non-hydrogen) atoms. The van der Waals surface area contributed by atoms with Crippen LogP contribution >= 0.6 is 11.6 Å². The van der Waals surface area contributed by atoms with Gasteiger partial charge in [-0.3, -0.25) is 9.36 Å². The molecule has 0 fully saturated rings. The Morgan fingerprint density at radius 3 is 2.09 bits per heavy atom. The van der Waals surface area contributed by atoms with Crippen molar-refractivity contribution in [2.75, 3.05) is 27.1 Å². The predicted octanol–water partition coefficient (Wildman–Crippen LogP) is 5.01. The van der Waals surface area contributed by atoms with E-state index in [2.05, 4.69) is 0 Å². The summed E-state index contributed by atoms with van der Waals surface area (Å²) in [6.45, 7) is 1.90. The van der Waals surface area contributed by atoms with Crippen LogP contribution in [0.25, 0.3) is 27.6 Å². The summed E-state index contributed by atoms with van der Waals surface area (Å²) in [7, 11) is 4.25. The lowest BCUT2D eigenvalue weighted by molar-refractivity contribution is 0.0591. The van der Waals surface area contributed by atoms with Crippen LogP contribution in [0.5, 0.6) is 11.5 Å². The lowest BCUT2D eigenvalue weighted by Gasteiger charge is -2.20. The van der Waals surface area contributed by atoms with Crippen molar-refractivity contribution in [2.24, 2.45) is 0 Å². The highest BCUT2D eigenvalue weighted by Crippen LogP contribution is 2.42. The van der Waals surface area contributed by atoms with Crippen LogP contribution in [-0.4, -0.2) is 31.9 Å². The van der Waals surface area contributed by atoms with E-state index >= 15 is 0 Å². The van der Waals surface area contributed by atoms with E-state index in [1.165, 1.54) is 25.9 Å². The van der Waals surface area contributed by atoms with E-state index < -0.39 is 5.97 Å². The third-order valence-electron chi connectivity index (χ3n) is 5.60. The molecule has 0 aliphatic heterocycles. The molecule has 0 atom stereocenters. The van der Waals surface area contributed by atoms with Gasteiger partial charge in [-0.1, -0.05) is 29.3 Å². The number of halogens is 1. The Morgan fingerprint density at radius 2 is 1.53 bits per heavy atom. The number of fused-ring (bicyclic) bond motifs is 1. The fourth-order valence-electron chi connectivity index (χ4n) is 3.98. The summed E-state index contributed by atoms with van der Waals surface area (Å²) >= 11 is 6.40. The Hall–Kier alpha value is -3.97. The molecule has 0 radical (unpaired) electrons. The van der Waals surface area contributed by atoms with E-state index in [1.807, 2.05) is 19.1 Å². The van der Waals surface area contributed by atoms with Crippen LogP contribution < -0.4 is 20.8 Å². The third-order valence-corrected chi connectivity index (χ3v) is 5.98. The quantitative estimate of drug-likeness (QED) is 0.320. The third kappa shape index (κ3) is 3.84. The van der Waals surface area contributed by atoms with E-state index in [4.69, 9.17) is 31.5 Å². The molecule has 0 bridgehead atoms. The van der Waals surface area contributed by atoms with Gasteiger partial charge in [-0.2, -0.15) is 0 Å². The minimum absolute atomic E-state index is 0.0556. The van der Waals surface area contributed by atoms with Gasteiger partial charge in [0, 0.05) is 22.3 Å². The maximum atomic E-state index is 13.7. The van der Waals surface area contributed by atoms with Crippen LogP contribution in [0.4, 0.5) is 5.69 Å². The summed E-state index contributed by atoms with van der Waals surface area (Å²) in [5.74, 6) is 0.0361. The molecule has 4 rings (SSSR count). The van der Waals surface area contributed by atoms with Gasteiger partial charge in [0.2, 0.25) is 0 Å². The molecule has 0 saturated heterocycles. The zero-order chi connectivity index (χ0) is 24.6. The number of rotatable bonds is 5. The summed E-state index contributed by atoms with van der Waals surface area (Å²) in [5, 5.41) is 1.31. The number of esters is 1. The Morgan fingerprint density at radius 1 is 0.912 bits per heavy atom. The van der Waals surface area contributed by atoms with Crippen LogP contribution in [0, 0.1) is 6.92 Å². The van der Waals surface area contributed by atoms with E-state index in [0.717, 1.165) is 5.56 Å². The molecule has 3 aromatic carbocycles. The molecule has 7 nitrogen and oxygen atoms in total. The van der Waals surface area contributed by atoms with Gasteiger partial charge in [-0.25, -0.2) is 4.79 Å². The largest absolute Gasteiger partial charge is 0.495 e. The minimum atomic E-state index is -0.681. The smallest absolute Gasteiger partial charge is 0.355 e. The van der Waals surface area contributed by atoms with Crippen LogP contribution in [0.2, 0.25) is 5.02 Å². The van der Waals surface area contributed by atoms with Crippen molar-refractivity contribution in [3.8, 4) is 28.3 Å². The number of aromatic nitrogens is 1. The van der Waals surface area contributed by atoms with E-state index in [-0.39, 0.29) is 11.3 Å². The Balaban J connectivity index is 2.26. The first kappa shape index (κ1) is 23.2. The number of anilines is 1. The number of carbonyl (C=O) groups is 1. The van der Waals surface area contributed by atoms with E-state index in [9.17, 15) is 9.59 Å². The normalized spacial score (nSPS) is 10.9. The van der Waals surface area contributed by atoms with Crippen molar-refractivity contribution < 1.29 is 19.0 Å². The second-order valence-electron chi connectivity index (χ2n) is 7.69. The number of aryl methyl sites for hydroxylation is 1. The molecule has 0 aliphatic carbocycles. The van der Waals surface area contributed by atoms with Crippen molar-refractivity contribution in [1.29, 1.82) is 0 Å². The van der Waals surface area contributed by atoms with Crippen molar-refractivity contribution >= 4 is 34.0 Å². The average Bonchev–Trinajstić information content (AvgIpc) is 2.84. The van der Waals surface area contributed by atoms with Crippen molar-refractivity contribution in [3.63, 3.8) is 0 Å². The molecule has 0 amide bonds. The summed E-state index contributed by atoms with van der Waals surface area (Å²) < 4.78 is 17.4. The summed E-state index contributed by atoms with van der Waals surface area (Å²) in [5.41, 5.74) is 8.49. The fourth-order valence-corrected chi connectivity index (χ4v) is 4.24. The van der Waals surface area contributed by atoms with Gasteiger partial charge in [0.25, 0.3) is 5.56 Å². The fraction of sp³-hybridized carbons (Fsp3) is 0.154. The molecule has 0 aliphatic rings. The standard InChI is InChI=1S/C26H23ClN2O5/c1-14-5-10-18-19(11-14)25(30)29(17-8-6-16(28)7-9-17)24(26(31)34-4)22(18)15-12-20(32-2)23(27)21(13-15)33-3/h5-13H,28H2,1-4H3. The number of pyridine rings is 1. The molecule has 1 heterocycles. The first-order valence-corrected chi connectivity index (χ1v) is 10.7. The van der Waals surface area contributed by atoms with Crippen molar-refractivity contribution in [2.45, 2.75) is 6.92 Å². The van der Waals surface area contributed by atoms with Gasteiger partial charge in [-0.05, 0) is 60.3 Å². The maximum absolute atomic E-state index is 13.7. The van der Waals surface area contributed by atoms with Crippen LogP contribution in [0.15, 0.2) is 59.4 Å². The number of nitrogens with two attached hydrogens (primary N) is 1. The zero-order valence-electron chi connectivity index (χ0n) is 19.1. The monoisotopic (exact) mass is 478 g/mol. The van der Waals surface area contributed by atoms with E-state index in [1.54, 1.807) is 42.5 Å². The molecule has 1 aromatic heterocycles. The van der Waals surface area contributed by atoms with Crippen LogP contribution in [-0.2, 0) is 4.74 Å². The molecule has 0 saturated carbocycles. The van der Waals surface area contributed by atoms with Crippen LogP contribution in [0.3, 0.4) is 0 Å². The molecule has 2 N–H and O–H groups in total. The highest BCUT2D eigenvalue weighted by Gasteiger charge is 2.26. The molecule has 8 heteroatoms. The van der Waals surface area contributed by atoms with Gasteiger partial charge >= 0.3 is 5.97 Å². The number of hydrogen-bond donors (Lipinski definition) is 1. The molecular weight excluding hydrogens is 456 g/mol. The maximum Gasteiger partial charge on any atom is 0.355 e. The number of benzene rings is 3. The number of nitrogens with zero attached hydrogens (tertiary/aromatic N) is 1. The zero-order valence-corrected chi connectivity index (χ0v) is 19.9. The first-order valence-electron chi connectivity index (χ1n) is 10.4. The number of ether oxygens (including phenoxy) is 3. The molecule has 174 valence electrons. The topological polar surface area (TPSA) is 92.8 Å². The summed E-state index contributed by atoms with van der Waals surface area (Å²) in [6, 6.07) is 15.6. The molecular formula is C26H23ClN2O5. The van der Waals surface area contributed by atoms with Crippen molar-refractivity contribution in [3.05, 3.63) is 81.2 Å². The minimum Gasteiger partial charge on any atom is -0.495 e. The highest BCUT2D eigenvalue weighted by molar-refractivity contribution is 6.33. The van der Waals surface area contributed by atoms with Gasteiger partial charge in [-0.15, -0.1) is 0 Å². The molecule has 4 aromatic rings. The lowest BCUT2D eigenvalue weighted by Crippen LogP contribution is -2.27. The lowest BCUT2D eigenvalue weighted by atomic mass is 9.95. The van der Waals surface area contributed by atoms with Crippen molar-refractivity contribution in [1.82, 2.24) is 4.57 Å². The number of nitrogen functional groups attached to an aromatic ring is 1. The number of methoxy groups -OCH3 is 3. The van der Waals surface area contributed by atoms with E-state index in [0.29, 0.717) is 49.8 Å². The van der Waals surface area contributed by atoms with Gasteiger partial charge in [0.05, 0.1) is 21.3 Å². The van der Waals surface area contributed by atoms with Gasteiger partial charge in [0.15, 0.2) is 0 Å².